The van der Waals surface area contributed by atoms with E-state index in [1.54, 1.807) is 32.9 Å². The molecule has 2 aromatic carbocycles. The molecule has 0 atom stereocenters. The largest absolute Gasteiger partial charge is 0.573 e. The quantitative estimate of drug-likeness (QED) is 0.278. The van der Waals surface area contributed by atoms with Crippen LogP contribution in [0.25, 0.3) is 11.1 Å². The summed E-state index contributed by atoms with van der Waals surface area (Å²) in [6.07, 6.45) is -2.82. The van der Waals surface area contributed by atoms with Crippen molar-refractivity contribution in [3.05, 3.63) is 64.4 Å². The Kier molecular flexibility index (Phi) is 9.05. The molecular formula is C26H25BrF3N3O6. The monoisotopic (exact) mass is 611 g/mol. The number of hydrogen-bond donors (Lipinski definition) is 0. The van der Waals surface area contributed by atoms with Gasteiger partial charge in [0.25, 0.3) is 0 Å². The highest BCUT2D eigenvalue weighted by Gasteiger charge is 2.31. The molecule has 0 aliphatic carbocycles. The molecule has 0 aliphatic rings. The third-order valence-electron chi connectivity index (χ3n) is 4.95. The number of aromatic nitrogens is 2. The maximum Gasteiger partial charge on any atom is 0.573 e. The summed E-state index contributed by atoms with van der Waals surface area (Å²) in [7, 11) is 2.66. The molecule has 39 heavy (non-hydrogen) atoms. The molecule has 9 nitrogen and oxygen atoms in total. The number of ether oxygens (including phenoxy) is 4. The number of nitrogens with zero attached hydrogens (tertiary/aromatic N) is 3. The van der Waals surface area contributed by atoms with Crippen LogP contribution in [0.4, 0.5) is 23.9 Å². The molecule has 0 N–H and O–H groups in total. The summed E-state index contributed by atoms with van der Waals surface area (Å²) < 4.78 is 58.1. The van der Waals surface area contributed by atoms with Crippen molar-refractivity contribution in [2.45, 2.75) is 39.3 Å². The van der Waals surface area contributed by atoms with Crippen LogP contribution in [0.15, 0.2) is 53.3 Å². The molecule has 13 heteroatoms. The Bertz CT molecular complexity index is 1340. The summed E-state index contributed by atoms with van der Waals surface area (Å²) >= 11 is 3.37. The van der Waals surface area contributed by atoms with Gasteiger partial charge >= 0.3 is 18.4 Å². The van der Waals surface area contributed by atoms with Crippen molar-refractivity contribution in [2.24, 2.45) is 0 Å². The first-order chi connectivity index (χ1) is 18.2. The molecule has 208 valence electrons. The van der Waals surface area contributed by atoms with Crippen molar-refractivity contribution in [3.63, 3.8) is 0 Å². The highest BCUT2D eigenvalue weighted by atomic mass is 79.9. The summed E-state index contributed by atoms with van der Waals surface area (Å²) in [5.41, 5.74) is 0.671. The second kappa shape index (κ2) is 11.9. The average Bonchev–Trinajstić information content (AvgIpc) is 2.84. The maximum absolute atomic E-state index is 13.0. The number of carbonyl (C=O) groups excluding carboxylic acids is 2. The molecule has 1 aromatic heterocycles. The minimum absolute atomic E-state index is 0.0593. The van der Waals surface area contributed by atoms with Crippen molar-refractivity contribution in [1.29, 1.82) is 0 Å². The predicted octanol–water partition coefficient (Wildman–Crippen LogP) is 6.54. The fourth-order valence-electron chi connectivity index (χ4n) is 3.40. The Morgan fingerprint density at radius 2 is 1.67 bits per heavy atom. The van der Waals surface area contributed by atoms with Crippen LogP contribution in [0.3, 0.4) is 0 Å². The molecule has 0 spiro atoms. The summed E-state index contributed by atoms with van der Waals surface area (Å²) in [6.45, 7) is 4.81. The van der Waals surface area contributed by atoms with E-state index in [0.717, 1.165) is 17.0 Å². The fourth-order valence-corrected chi connectivity index (χ4v) is 4.02. The molecule has 0 saturated heterocycles. The van der Waals surface area contributed by atoms with E-state index in [2.05, 4.69) is 30.6 Å². The molecule has 0 bridgehead atoms. The molecular weight excluding hydrogens is 587 g/mol. The number of benzene rings is 2. The van der Waals surface area contributed by atoms with Crippen molar-refractivity contribution in [3.8, 4) is 22.6 Å². The lowest BCUT2D eigenvalue weighted by molar-refractivity contribution is -0.274. The van der Waals surface area contributed by atoms with Crippen LogP contribution >= 0.6 is 15.9 Å². The summed E-state index contributed by atoms with van der Waals surface area (Å²) in [5, 5.41) is 0. The number of methoxy groups -OCH3 is 2. The van der Waals surface area contributed by atoms with E-state index in [4.69, 9.17) is 14.2 Å². The number of esters is 1. The molecule has 3 rings (SSSR count). The molecule has 0 radical (unpaired) electrons. The van der Waals surface area contributed by atoms with Gasteiger partial charge in [-0.15, -0.1) is 13.2 Å². The standard InChI is InChI=1S/C26H25BrF3N3O6/c1-25(2,3)39-24(35)33(14-15-7-6-8-18(9-15)38-26(28,29)30)23-31-12-17(13-32-23)16-10-19(22(34)37-5)21(36-4)20(27)11-16/h6-13H,14H2,1-5H3. The van der Waals surface area contributed by atoms with Gasteiger partial charge in [0, 0.05) is 18.0 Å². The number of alkyl halides is 3. The number of rotatable bonds is 7. The molecule has 0 saturated carbocycles. The van der Waals surface area contributed by atoms with Gasteiger partial charge in [0.1, 0.15) is 22.7 Å². The normalized spacial score (nSPS) is 11.5. The van der Waals surface area contributed by atoms with Crippen LogP contribution in [-0.2, 0) is 16.0 Å². The number of amides is 1. The molecule has 0 aliphatic heterocycles. The van der Waals surface area contributed by atoms with E-state index in [1.165, 1.54) is 38.7 Å². The Hall–Kier alpha value is -3.87. The first kappa shape index (κ1) is 29.7. The van der Waals surface area contributed by atoms with Gasteiger partial charge in [0.15, 0.2) is 0 Å². The van der Waals surface area contributed by atoms with E-state index >= 15 is 0 Å². The summed E-state index contributed by atoms with van der Waals surface area (Å²) in [5.74, 6) is -0.821. The second-order valence-corrected chi connectivity index (χ2v) is 9.92. The molecule has 3 aromatic rings. The summed E-state index contributed by atoms with van der Waals surface area (Å²) in [4.78, 5) is 35.0. The van der Waals surface area contributed by atoms with Gasteiger partial charge < -0.3 is 18.9 Å². The Morgan fingerprint density at radius 3 is 2.23 bits per heavy atom. The zero-order valence-electron chi connectivity index (χ0n) is 21.6. The van der Waals surface area contributed by atoms with Gasteiger partial charge in [-0.25, -0.2) is 24.5 Å². The van der Waals surface area contributed by atoms with Gasteiger partial charge in [0.05, 0.1) is 25.2 Å². The van der Waals surface area contributed by atoms with Crippen LogP contribution < -0.4 is 14.4 Å². The van der Waals surface area contributed by atoms with Crippen LogP contribution in [0.1, 0.15) is 36.7 Å². The van der Waals surface area contributed by atoms with Crippen LogP contribution in [0, 0.1) is 0 Å². The zero-order valence-corrected chi connectivity index (χ0v) is 23.2. The minimum Gasteiger partial charge on any atom is -0.495 e. The van der Waals surface area contributed by atoms with E-state index in [1.807, 2.05) is 0 Å². The minimum atomic E-state index is -4.87. The Balaban J connectivity index is 1.98. The van der Waals surface area contributed by atoms with Crippen LogP contribution in [0.2, 0.25) is 0 Å². The smallest absolute Gasteiger partial charge is 0.495 e. The molecule has 1 amide bonds. The van der Waals surface area contributed by atoms with Crippen molar-refractivity contribution in [2.75, 3.05) is 19.1 Å². The molecule has 1 heterocycles. The topological polar surface area (TPSA) is 100 Å². The van der Waals surface area contributed by atoms with Crippen molar-refractivity contribution >= 4 is 33.9 Å². The molecule has 0 fully saturated rings. The van der Waals surface area contributed by atoms with Crippen molar-refractivity contribution in [1.82, 2.24) is 9.97 Å². The van der Waals surface area contributed by atoms with Gasteiger partial charge in [-0.1, -0.05) is 12.1 Å². The van der Waals surface area contributed by atoms with E-state index in [9.17, 15) is 22.8 Å². The van der Waals surface area contributed by atoms with Crippen LogP contribution in [0.5, 0.6) is 11.5 Å². The first-order valence-electron chi connectivity index (χ1n) is 11.3. The third kappa shape index (κ3) is 8.06. The van der Waals surface area contributed by atoms with Crippen molar-refractivity contribution < 1.29 is 41.7 Å². The Labute approximate surface area is 231 Å². The number of halogens is 4. The van der Waals surface area contributed by atoms with Gasteiger partial charge in [-0.3, -0.25) is 0 Å². The van der Waals surface area contributed by atoms with E-state index in [-0.39, 0.29) is 23.8 Å². The third-order valence-corrected chi connectivity index (χ3v) is 5.54. The fraction of sp³-hybridized carbons (Fsp3) is 0.308. The average molecular weight is 612 g/mol. The van der Waals surface area contributed by atoms with Gasteiger partial charge in [0.2, 0.25) is 5.95 Å². The lowest BCUT2D eigenvalue weighted by Crippen LogP contribution is -2.37. The maximum atomic E-state index is 13.0. The lowest BCUT2D eigenvalue weighted by atomic mass is 10.0. The highest BCUT2D eigenvalue weighted by Crippen LogP contribution is 2.35. The first-order valence-corrected chi connectivity index (χ1v) is 12.1. The summed E-state index contributed by atoms with van der Waals surface area (Å²) in [6, 6.07) is 8.44. The molecule has 0 unspecified atom stereocenters. The Morgan fingerprint density at radius 1 is 1.00 bits per heavy atom. The van der Waals surface area contributed by atoms with E-state index < -0.39 is 29.8 Å². The van der Waals surface area contributed by atoms with Gasteiger partial charge in [-0.2, -0.15) is 0 Å². The number of carbonyl (C=O) groups is 2. The van der Waals surface area contributed by atoms with Gasteiger partial charge in [-0.05, 0) is 72.1 Å². The van der Waals surface area contributed by atoms with Crippen LogP contribution in [-0.4, -0.2) is 48.2 Å². The number of anilines is 1. The lowest BCUT2D eigenvalue weighted by Gasteiger charge is -2.26. The number of hydrogen-bond acceptors (Lipinski definition) is 8. The zero-order chi connectivity index (χ0) is 29.0. The SMILES string of the molecule is COC(=O)c1cc(-c2cnc(N(Cc3cccc(OC(F)(F)F)c3)C(=O)OC(C)(C)C)nc2)cc(Br)c1OC. The second-order valence-electron chi connectivity index (χ2n) is 9.06. The highest BCUT2D eigenvalue weighted by molar-refractivity contribution is 9.10. The predicted molar refractivity (Wildman–Crippen MR) is 139 cm³/mol. The van der Waals surface area contributed by atoms with E-state index in [0.29, 0.717) is 21.2 Å².